The van der Waals surface area contributed by atoms with Crippen molar-refractivity contribution in [2.75, 3.05) is 26.2 Å². The molecule has 3 rings (SSSR count). The highest BCUT2D eigenvalue weighted by Crippen LogP contribution is 2.30. The Labute approximate surface area is 143 Å². The molecule has 0 bridgehead atoms. The second-order valence-corrected chi connectivity index (χ2v) is 6.87. The molecule has 0 aromatic carbocycles. The lowest BCUT2D eigenvalue weighted by Crippen LogP contribution is -2.49. The minimum absolute atomic E-state index is 0.173. The summed E-state index contributed by atoms with van der Waals surface area (Å²) in [6.07, 6.45) is 5.50. The number of likely N-dealkylation sites (tertiary alicyclic amines) is 2. The largest absolute Gasteiger partial charge is 0.467 e. The van der Waals surface area contributed by atoms with E-state index in [-0.39, 0.29) is 5.91 Å². The molecule has 1 N–H and O–H groups in total. The maximum absolute atomic E-state index is 11.8. The Kier molecular flexibility index (Phi) is 5.92. The van der Waals surface area contributed by atoms with Crippen molar-refractivity contribution in [3.63, 3.8) is 0 Å². The Hall–Kier alpha value is -1.37. The van der Waals surface area contributed by atoms with Gasteiger partial charge in [0.25, 0.3) is 0 Å². The van der Waals surface area contributed by atoms with E-state index in [1.54, 1.807) is 13.2 Å². The predicted molar refractivity (Wildman–Crippen MR) is 89.4 cm³/mol. The van der Waals surface area contributed by atoms with E-state index in [0.717, 1.165) is 44.5 Å². The lowest BCUT2D eigenvalue weighted by Gasteiger charge is -2.35. The van der Waals surface area contributed by atoms with Gasteiger partial charge in [-0.2, -0.15) is 0 Å². The Morgan fingerprint density at radius 2 is 2.17 bits per heavy atom. The number of carbonyl (C=O) groups excluding carboxylic acids is 1. The zero-order chi connectivity index (χ0) is 16.9. The SMILES string of the molecule is CC(=O)N1CCC[C@@H]1[C@@H]1CCCN1C[C@@H](O)COCc1ccco1. The molecule has 3 heterocycles. The van der Waals surface area contributed by atoms with E-state index >= 15 is 0 Å². The summed E-state index contributed by atoms with van der Waals surface area (Å²) in [6, 6.07) is 4.36. The first kappa shape index (κ1) is 17.5. The Balaban J connectivity index is 1.47. The summed E-state index contributed by atoms with van der Waals surface area (Å²) in [5.74, 6) is 0.941. The van der Waals surface area contributed by atoms with Crippen molar-refractivity contribution in [3.8, 4) is 0 Å². The lowest BCUT2D eigenvalue weighted by molar-refractivity contribution is -0.130. The Morgan fingerprint density at radius 3 is 2.92 bits per heavy atom. The minimum Gasteiger partial charge on any atom is -0.467 e. The summed E-state index contributed by atoms with van der Waals surface area (Å²) in [5, 5.41) is 10.3. The first-order valence-electron chi connectivity index (χ1n) is 8.94. The standard InChI is InChI=1S/C18H28N2O4/c1-14(21)20-9-3-7-18(20)17-6-2-8-19(17)11-15(22)12-23-13-16-5-4-10-24-16/h4-5,10,15,17-18,22H,2-3,6-9,11-13H2,1H3/t15-,17+,18-/m1/s1. The molecule has 1 aromatic heterocycles. The molecule has 2 aliphatic rings. The zero-order valence-corrected chi connectivity index (χ0v) is 14.4. The van der Waals surface area contributed by atoms with Gasteiger partial charge in [0, 0.05) is 32.1 Å². The number of carbonyl (C=O) groups is 1. The number of rotatable bonds is 7. The highest BCUT2D eigenvalue weighted by atomic mass is 16.5. The molecule has 6 heteroatoms. The molecular weight excluding hydrogens is 308 g/mol. The Morgan fingerprint density at radius 1 is 1.38 bits per heavy atom. The van der Waals surface area contributed by atoms with Crippen LogP contribution in [0.1, 0.15) is 38.4 Å². The molecule has 0 saturated carbocycles. The van der Waals surface area contributed by atoms with Crippen LogP contribution in [0.5, 0.6) is 0 Å². The van der Waals surface area contributed by atoms with E-state index in [2.05, 4.69) is 4.90 Å². The summed E-state index contributed by atoms with van der Waals surface area (Å²) < 4.78 is 10.7. The highest BCUT2D eigenvalue weighted by molar-refractivity contribution is 5.74. The van der Waals surface area contributed by atoms with Crippen LogP contribution in [0.4, 0.5) is 0 Å². The molecular formula is C18H28N2O4. The fourth-order valence-corrected chi connectivity index (χ4v) is 4.11. The van der Waals surface area contributed by atoms with Gasteiger partial charge >= 0.3 is 0 Å². The third kappa shape index (κ3) is 4.18. The molecule has 1 amide bonds. The summed E-state index contributed by atoms with van der Waals surface area (Å²) in [5.41, 5.74) is 0. The summed E-state index contributed by atoms with van der Waals surface area (Å²) in [7, 11) is 0. The van der Waals surface area contributed by atoms with Crippen molar-refractivity contribution in [3.05, 3.63) is 24.2 Å². The van der Waals surface area contributed by atoms with E-state index in [1.807, 2.05) is 17.0 Å². The number of ether oxygens (including phenoxy) is 1. The number of hydrogen-bond donors (Lipinski definition) is 1. The smallest absolute Gasteiger partial charge is 0.219 e. The summed E-state index contributed by atoms with van der Waals surface area (Å²) >= 11 is 0. The van der Waals surface area contributed by atoms with Crippen LogP contribution < -0.4 is 0 Å². The van der Waals surface area contributed by atoms with Crippen molar-refractivity contribution >= 4 is 5.91 Å². The molecule has 24 heavy (non-hydrogen) atoms. The molecule has 2 fully saturated rings. The van der Waals surface area contributed by atoms with Gasteiger partial charge in [-0.25, -0.2) is 0 Å². The number of amides is 1. The first-order chi connectivity index (χ1) is 11.6. The first-order valence-corrected chi connectivity index (χ1v) is 8.94. The average Bonchev–Trinajstić information content (AvgIpc) is 3.28. The second kappa shape index (κ2) is 8.14. The topological polar surface area (TPSA) is 66.2 Å². The molecule has 1 aromatic rings. The van der Waals surface area contributed by atoms with E-state index < -0.39 is 6.10 Å². The van der Waals surface area contributed by atoms with Crippen LogP contribution >= 0.6 is 0 Å². The molecule has 134 valence electrons. The average molecular weight is 336 g/mol. The summed E-state index contributed by atoms with van der Waals surface area (Å²) in [6.45, 7) is 4.81. The number of aliphatic hydroxyl groups is 1. The van der Waals surface area contributed by atoms with Crippen molar-refractivity contribution in [1.82, 2.24) is 9.80 Å². The van der Waals surface area contributed by atoms with Crippen LogP contribution in [0.25, 0.3) is 0 Å². The number of hydrogen-bond acceptors (Lipinski definition) is 5. The van der Waals surface area contributed by atoms with E-state index in [9.17, 15) is 9.90 Å². The van der Waals surface area contributed by atoms with Crippen LogP contribution in [0.15, 0.2) is 22.8 Å². The molecule has 2 aliphatic heterocycles. The maximum Gasteiger partial charge on any atom is 0.219 e. The van der Waals surface area contributed by atoms with Gasteiger partial charge in [-0.05, 0) is 44.4 Å². The lowest BCUT2D eigenvalue weighted by atomic mass is 10.0. The fraction of sp³-hybridized carbons (Fsp3) is 0.722. The molecule has 3 atom stereocenters. The molecule has 2 saturated heterocycles. The van der Waals surface area contributed by atoms with Gasteiger partial charge in [0.2, 0.25) is 5.91 Å². The van der Waals surface area contributed by atoms with Crippen LogP contribution in [0.2, 0.25) is 0 Å². The number of aliphatic hydroxyl groups excluding tert-OH is 1. The van der Waals surface area contributed by atoms with Crippen molar-refractivity contribution in [2.24, 2.45) is 0 Å². The van der Waals surface area contributed by atoms with Gasteiger partial charge in [0.05, 0.1) is 19.0 Å². The monoisotopic (exact) mass is 336 g/mol. The van der Waals surface area contributed by atoms with Crippen molar-refractivity contribution in [1.29, 1.82) is 0 Å². The Bertz CT molecular complexity index is 519. The van der Waals surface area contributed by atoms with Crippen LogP contribution in [0, 0.1) is 0 Å². The molecule has 6 nitrogen and oxygen atoms in total. The third-order valence-electron chi connectivity index (χ3n) is 5.14. The van der Waals surface area contributed by atoms with E-state index in [4.69, 9.17) is 9.15 Å². The molecule has 0 unspecified atom stereocenters. The summed E-state index contributed by atoms with van der Waals surface area (Å²) in [4.78, 5) is 16.2. The maximum atomic E-state index is 11.8. The van der Waals surface area contributed by atoms with Gasteiger partial charge in [0.1, 0.15) is 12.4 Å². The number of nitrogens with zero attached hydrogens (tertiary/aromatic N) is 2. The molecule has 0 radical (unpaired) electrons. The van der Waals surface area contributed by atoms with E-state index in [1.165, 1.54) is 0 Å². The number of furan rings is 1. The fourth-order valence-electron chi connectivity index (χ4n) is 4.11. The van der Waals surface area contributed by atoms with Crippen molar-refractivity contribution in [2.45, 2.75) is 57.4 Å². The molecule has 0 aliphatic carbocycles. The molecule has 0 spiro atoms. The number of β-amino-alcohol motifs (C(OH)–C–C–N with tert-alkyl or cyclic N) is 1. The van der Waals surface area contributed by atoms with Crippen LogP contribution in [-0.4, -0.2) is 65.2 Å². The quantitative estimate of drug-likeness (QED) is 0.820. The van der Waals surface area contributed by atoms with Crippen molar-refractivity contribution < 1.29 is 19.1 Å². The third-order valence-corrected chi connectivity index (χ3v) is 5.14. The second-order valence-electron chi connectivity index (χ2n) is 6.87. The van der Waals surface area contributed by atoms with Gasteiger partial charge in [-0.3, -0.25) is 9.69 Å². The van der Waals surface area contributed by atoms with E-state index in [0.29, 0.717) is 31.8 Å². The predicted octanol–water partition coefficient (Wildman–Crippen LogP) is 1.63. The minimum atomic E-state index is -0.521. The zero-order valence-electron chi connectivity index (χ0n) is 14.4. The van der Waals surface area contributed by atoms with Gasteiger partial charge in [-0.1, -0.05) is 0 Å². The normalized spacial score (nSPS) is 26.2. The van der Waals surface area contributed by atoms with Gasteiger partial charge in [-0.15, -0.1) is 0 Å². The van der Waals surface area contributed by atoms with Gasteiger partial charge < -0.3 is 19.2 Å². The van der Waals surface area contributed by atoms with Crippen LogP contribution in [-0.2, 0) is 16.1 Å². The highest BCUT2D eigenvalue weighted by Gasteiger charge is 2.39. The van der Waals surface area contributed by atoms with Gasteiger partial charge in [0.15, 0.2) is 0 Å². The van der Waals surface area contributed by atoms with Crippen LogP contribution in [0.3, 0.4) is 0 Å².